The van der Waals surface area contributed by atoms with Gasteiger partial charge in [0, 0.05) is 13.5 Å². The molecule has 0 fully saturated rings. The molecule has 0 atom stereocenters. The Morgan fingerprint density at radius 2 is 2.16 bits per heavy atom. The summed E-state index contributed by atoms with van der Waals surface area (Å²) in [4.78, 5) is 19.1. The van der Waals surface area contributed by atoms with E-state index in [1.54, 1.807) is 7.05 Å². The molecule has 0 spiro atoms. The molecule has 1 aromatic heterocycles. The first kappa shape index (κ1) is 15.1. The average molecular weight is 264 g/mol. The fourth-order valence-electron chi connectivity index (χ4n) is 1.67. The molecule has 0 aromatic carbocycles. The number of aromatic nitrogens is 2. The molecule has 0 saturated heterocycles. The van der Waals surface area contributed by atoms with Gasteiger partial charge in [-0.25, -0.2) is 4.98 Å². The largest absolute Gasteiger partial charge is 0.468 e. The summed E-state index contributed by atoms with van der Waals surface area (Å²) >= 11 is 0. The van der Waals surface area contributed by atoms with Crippen molar-refractivity contribution < 1.29 is 9.53 Å². The first-order valence-electron chi connectivity index (χ1n) is 6.40. The molecule has 1 heterocycles. The summed E-state index contributed by atoms with van der Waals surface area (Å²) in [7, 11) is 1.72. The van der Waals surface area contributed by atoms with Crippen molar-refractivity contribution in [3.05, 3.63) is 11.5 Å². The van der Waals surface area contributed by atoms with Crippen molar-refractivity contribution in [2.24, 2.45) is 0 Å². The van der Waals surface area contributed by atoms with E-state index in [1.165, 1.54) is 0 Å². The van der Waals surface area contributed by atoms with Crippen LogP contribution in [0.25, 0.3) is 0 Å². The fourth-order valence-corrected chi connectivity index (χ4v) is 1.67. The van der Waals surface area contributed by atoms with Crippen LogP contribution < -0.4 is 10.1 Å². The van der Waals surface area contributed by atoms with Crippen LogP contribution >= 0.6 is 0 Å². The number of aryl methyl sites for hydroxylation is 1. The number of ether oxygens (including phenoxy) is 1. The first-order valence-corrected chi connectivity index (χ1v) is 6.40. The smallest absolute Gasteiger partial charge is 0.241 e. The minimum atomic E-state index is -0.0601. The molecule has 0 unspecified atom stereocenters. The summed E-state index contributed by atoms with van der Waals surface area (Å²) in [6.07, 6.45) is 2.83. The third kappa shape index (κ3) is 3.74. The summed E-state index contributed by atoms with van der Waals surface area (Å²) in [5.74, 6) is 0.938. The highest BCUT2D eigenvalue weighted by Crippen LogP contribution is 2.26. The van der Waals surface area contributed by atoms with Crippen LogP contribution in [0.2, 0.25) is 0 Å². The Morgan fingerprint density at radius 1 is 1.42 bits per heavy atom. The van der Waals surface area contributed by atoms with Crippen LogP contribution in [0.15, 0.2) is 0 Å². The number of hydrogen-bond acceptors (Lipinski definition) is 6. The van der Waals surface area contributed by atoms with Gasteiger partial charge < -0.3 is 15.5 Å². The summed E-state index contributed by atoms with van der Waals surface area (Å²) in [6.45, 7) is 3.89. The van der Waals surface area contributed by atoms with E-state index >= 15 is 0 Å². The van der Waals surface area contributed by atoms with Crippen LogP contribution in [0.4, 0.5) is 5.69 Å². The number of anilines is 1. The van der Waals surface area contributed by atoms with E-state index in [0.29, 0.717) is 47.9 Å². The molecule has 0 amide bonds. The van der Waals surface area contributed by atoms with Crippen molar-refractivity contribution in [3.63, 3.8) is 0 Å². The van der Waals surface area contributed by atoms with Crippen molar-refractivity contribution in [2.75, 3.05) is 19.0 Å². The third-order valence-corrected chi connectivity index (χ3v) is 2.56. The molecule has 6 heteroatoms. The predicted octanol–water partition coefficient (Wildman–Crippen LogP) is 1.83. The maximum absolute atomic E-state index is 10.4. The highest BCUT2D eigenvalue weighted by Gasteiger charge is 2.17. The minimum Gasteiger partial charge on any atom is -0.468 e. The molecule has 1 rings (SSSR count). The molecular formula is C13H20N4O2. The minimum absolute atomic E-state index is 0.0601. The highest BCUT2D eigenvalue weighted by molar-refractivity contribution is 6.02. The highest BCUT2D eigenvalue weighted by atomic mass is 16.5. The number of rotatable bonds is 8. The molecule has 0 saturated carbocycles. The van der Waals surface area contributed by atoms with Crippen LogP contribution in [0, 0.1) is 5.41 Å². The van der Waals surface area contributed by atoms with Gasteiger partial charge in [0.1, 0.15) is 23.8 Å². The number of nitrogens with one attached hydrogen (secondary N) is 2. The van der Waals surface area contributed by atoms with Crippen LogP contribution in [0.5, 0.6) is 5.88 Å². The molecule has 1 aromatic rings. The molecule has 0 radical (unpaired) electrons. The van der Waals surface area contributed by atoms with Gasteiger partial charge in [0.25, 0.3) is 0 Å². The summed E-state index contributed by atoms with van der Waals surface area (Å²) in [6, 6.07) is 0. The average Bonchev–Trinajstić information content (AvgIpc) is 2.44. The second-order valence-corrected chi connectivity index (χ2v) is 3.98. The lowest BCUT2D eigenvalue weighted by molar-refractivity contribution is -0.109. The summed E-state index contributed by atoms with van der Waals surface area (Å²) < 4.78 is 5.31. The lowest BCUT2D eigenvalue weighted by Crippen LogP contribution is -2.13. The Balaban J connectivity index is 3.25. The Bertz CT molecular complexity index is 460. The van der Waals surface area contributed by atoms with Gasteiger partial charge in [-0.05, 0) is 6.42 Å². The van der Waals surface area contributed by atoms with Crippen molar-refractivity contribution in [1.29, 1.82) is 5.41 Å². The maximum Gasteiger partial charge on any atom is 0.241 e. The first-order chi connectivity index (χ1) is 9.17. The van der Waals surface area contributed by atoms with Gasteiger partial charge in [0.2, 0.25) is 5.88 Å². The number of nitrogens with zero attached hydrogens (tertiary/aromatic N) is 2. The van der Waals surface area contributed by atoms with E-state index in [9.17, 15) is 4.79 Å². The Hall–Kier alpha value is -1.98. The van der Waals surface area contributed by atoms with Gasteiger partial charge in [0.15, 0.2) is 6.29 Å². The zero-order valence-corrected chi connectivity index (χ0v) is 11.6. The maximum atomic E-state index is 10.4. The van der Waals surface area contributed by atoms with Gasteiger partial charge >= 0.3 is 0 Å². The van der Waals surface area contributed by atoms with Gasteiger partial charge in [0.05, 0.1) is 5.71 Å². The van der Waals surface area contributed by atoms with Crippen molar-refractivity contribution in [1.82, 2.24) is 9.97 Å². The zero-order chi connectivity index (χ0) is 14.3. The number of carbonyl (C=O) groups excluding carboxylic acids is 1. The molecule has 2 N–H and O–H groups in total. The molecule has 0 aliphatic rings. The lowest BCUT2D eigenvalue weighted by Gasteiger charge is -2.14. The van der Waals surface area contributed by atoms with E-state index in [1.807, 2.05) is 13.8 Å². The van der Waals surface area contributed by atoms with Gasteiger partial charge in [-0.2, -0.15) is 4.98 Å². The molecular weight excluding hydrogens is 244 g/mol. The molecule has 104 valence electrons. The predicted molar refractivity (Wildman–Crippen MR) is 74.3 cm³/mol. The van der Waals surface area contributed by atoms with E-state index in [4.69, 9.17) is 10.1 Å². The molecule has 0 bridgehead atoms. The van der Waals surface area contributed by atoms with Crippen LogP contribution in [-0.4, -0.2) is 35.6 Å². The quantitative estimate of drug-likeness (QED) is 0.552. The van der Waals surface area contributed by atoms with Gasteiger partial charge in [-0.3, -0.25) is 4.79 Å². The number of carbonyl (C=O) groups is 1. The number of aldehydes is 1. The van der Waals surface area contributed by atoms with E-state index in [-0.39, 0.29) is 6.61 Å². The second-order valence-electron chi connectivity index (χ2n) is 3.98. The van der Waals surface area contributed by atoms with Gasteiger partial charge in [-0.15, -0.1) is 0 Å². The summed E-state index contributed by atoms with van der Waals surface area (Å²) in [5.41, 5.74) is 1.56. The van der Waals surface area contributed by atoms with Crippen molar-refractivity contribution in [2.45, 2.75) is 33.1 Å². The van der Waals surface area contributed by atoms with Crippen LogP contribution in [0.1, 0.15) is 38.2 Å². The topological polar surface area (TPSA) is 88.0 Å². The van der Waals surface area contributed by atoms with Gasteiger partial charge in [-0.1, -0.05) is 20.3 Å². The molecule has 0 aliphatic carbocycles. The second kappa shape index (κ2) is 7.45. The fraction of sp³-hybridized carbons (Fsp3) is 0.538. The number of hydrogen-bond donors (Lipinski definition) is 2. The molecule has 0 aliphatic heterocycles. The van der Waals surface area contributed by atoms with Crippen LogP contribution in [-0.2, 0) is 11.2 Å². The van der Waals surface area contributed by atoms with E-state index in [0.717, 1.165) is 6.42 Å². The van der Waals surface area contributed by atoms with Crippen molar-refractivity contribution in [3.8, 4) is 5.88 Å². The SMILES string of the molecule is CCCC(=N)c1nc(CC)nc(OCC=O)c1NC. The zero-order valence-electron chi connectivity index (χ0n) is 11.6. The normalized spacial score (nSPS) is 10.1. The Morgan fingerprint density at radius 3 is 2.68 bits per heavy atom. The standard InChI is InChI=1S/C13H20N4O2/c1-4-6-9(14)11-12(15-3)13(19-8-7-18)17-10(5-2)16-11/h7,14-15H,4-6,8H2,1-3H3. The van der Waals surface area contributed by atoms with Crippen LogP contribution in [0.3, 0.4) is 0 Å². The summed E-state index contributed by atoms with van der Waals surface area (Å²) in [5, 5.41) is 11.0. The third-order valence-electron chi connectivity index (χ3n) is 2.56. The van der Waals surface area contributed by atoms with Crippen molar-refractivity contribution >= 4 is 17.7 Å². The van der Waals surface area contributed by atoms with E-state index < -0.39 is 0 Å². The van der Waals surface area contributed by atoms with E-state index in [2.05, 4.69) is 15.3 Å². The molecule has 19 heavy (non-hydrogen) atoms. The lowest BCUT2D eigenvalue weighted by atomic mass is 10.1. The molecule has 6 nitrogen and oxygen atoms in total. The Labute approximate surface area is 113 Å². The monoisotopic (exact) mass is 264 g/mol. The Kier molecular flexibility index (Phi) is 5.92.